The van der Waals surface area contributed by atoms with E-state index in [1.165, 1.54) is 12.5 Å². The van der Waals surface area contributed by atoms with Crippen LogP contribution in [0.25, 0.3) is 0 Å². The van der Waals surface area contributed by atoms with Crippen molar-refractivity contribution in [3.63, 3.8) is 0 Å². The highest BCUT2D eigenvalue weighted by Crippen LogP contribution is 2.12. The number of carbonyl (C=O) groups excluding carboxylic acids is 1. The van der Waals surface area contributed by atoms with Crippen LogP contribution < -0.4 is 5.43 Å². The van der Waals surface area contributed by atoms with Gasteiger partial charge in [-0.1, -0.05) is 35.0 Å². The zero-order valence-electron chi connectivity index (χ0n) is 10.2. The minimum Gasteiger partial charge on any atom is -0.274 e. The molecule has 0 spiro atoms. The zero-order valence-corrected chi connectivity index (χ0v) is 11.8. The molecule has 0 fully saturated rings. The number of halogens is 1. The maximum atomic E-state index is 10.8. The van der Waals surface area contributed by atoms with Crippen LogP contribution in [0.15, 0.2) is 33.8 Å². The van der Waals surface area contributed by atoms with Crippen LogP contribution in [0.1, 0.15) is 32.3 Å². The first-order chi connectivity index (χ1) is 8.11. The Balaban J connectivity index is 2.50. The molecule has 0 heterocycles. The average Bonchev–Trinajstić information content (AvgIpc) is 2.31. The first-order valence-electron chi connectivity index (χ1n) is 5.68. The average molecular weight is 297 g/mol. The standard InChI is InChI=1S/C13H17BrN2O/c1-3-13(16-15-10(2)17)9-6-11-4-7-12(14)8-5-11/h4-5,7-8H,3,6,9H2,1-2H3,(H,15,17)/b16-13+. The molecule has 17 heavy (non-hydrogen) atoms. The molecule has 1 aromatic carbocycles. The molecule has 0 aliphatic heterocycles. The molecule has 0 aliphatic rings. The van der Waals surface area contributed by atoms with Crippen LogP contribution in [0.2, 0.25) is 0 Å². The molecule has 1 N–H and O–H groups in total. The number of amides is 1. The molecule has 0 unspecified atom stereocenters. The third-order valence-electron chi connectivity index (χ3n) is 2.40. The van der Waals surface area contributed by atoms with Crippen molar-refractivity contribution < 1.29 is 4.79 Å². The van der Waals surface area contributed by atoms with Crippen molar-refractivity contribution >= 4 is 27.5 Å². The molecule has 0 saturated carbocycles. The van der Waals surface area contributed by atoms with Crippen molar-refractivity contribution in [3.8, 4) is 0 Å². The van der Waals surface area contributed by atoms with E-state index in [1.54, 1.807) is 0 Å². The quantitative estimate of drug-likeness (QED) is 0.657. The van der Waals surface area contributed by atoms with Gasteiger partial charge in [-0.2, -0.15) is 5.10 Å². The van der Waals surface area contributed by atoms with Gasteiger partial charge in [0.1, 0.15) is 0 Å². The van der Waals surface area contributed by atoms with Gasteiger partial charge in [-0.15, -0.1) is 0 Å². The lowest BCUT2D eigenvalue weighted by molar-refractivity contribution is -0.118. The predicted octanol–water partition coefficient (Wildman–Crippen LogP) is 3.28. The summed E-state index contributed by atoms with van der Waals surface area (Å²) in [6.07, 6.45) is 2.68. The smallest absolute Gasteiger partial charge is 0.236 e. The van der Waals surface area contributed by atoms with Gasteiger partial charge in [0.2, 0.25) is 5.91 Å². The number of benzene rings is 1. The van der Waals surface area contributed by atoms with E-state index < -0.39 is 0 Å². The highest BCUT2D eigenvalue weighted by atomic mass is 79.9. The Morgan fingerprint density at radius 1 is 1.35 bits per heavy atom. The summed E-state index contributed by atoms with van der Waals surface area (Å²) in [7, 11) is 0. The SMILES string of the molecule is CC/C(CCc1ccc(Br)cc1)=N\NC(C)=O. The Morgan fingerprint density at radius 3 is 2.53 bits per heavy atom. The van der Waals surface area contributed by atoms with Gasteiger partial charge in [0.05, 0.1) is 0 Å². The van der Waals surface area contributed by atoms with Crippen molar-refractivity contribution in [1.29, 1.82) is 0 Å². The van der Waals surface area contributed by atoms with Crippen LogP contribution in [0.5, 0.6) is 0 Å². The minimum atomic E-state index is -0.125. The molecule has 0 atom stereocenters. The molecule has 1 amide bonds. The van der Waals surface area contributed by atoms with E-state index in [9.17, 15) is 4.79 Å². The van der Waals surface area contributed by atoms with Gasteiger partial charge in [0.15, 0.2) is 0 Å². The molecule has 4 heteroatoms. The van der Waals surface area contributed by atoms with Crippen molar-refractivity contribution in [1.82, 2.24) is 5.43 Å². The van der Waals surface area contributed by atoms with Gasteiger partial charge in [0.25, 0.3) is 0 Å². The van der Waals surface area contributed by atoms with Crippen LogP contribution in [0, 0.1) is 0 Å². The van der Waals surface area contributed by atoms with Gasteiger partial charge < -0.3 is 0 Å². The number of carbonyl (C=O) groups is 1. The summed E-state index contributed by atoms with van der Waals surface area (Å²) >= 11 is 3.41. The Morgan fingerprint density at radius 2 is 2.00 bits per heavy atom. The Bertz CT molecular complexity index is 398. The van der Waals surface area contributed by atoms with Crippen LogP contribution in [-0.4, -0.2) is 11.6 Å². The van der Waals surface area contributed by atoms with Crippen molar-refractivity contribution in [2.45, 2.75) is 33.1 Å². The van der Waals surface area contributed by atoms with Gasteiger partial charge in [-0.25, -0.2) is 5.43 Å². The molecule has 0 bridgehead atoms. The third kappa shape index (κ3) is 5.63. The molecule has 1 aromatic rings. The van der Waals surface area contributed by atoms with E-state index in [-0.39, 0.29) is 5.91 Å². The maximum absolute atomic E-state index is 10.8. The number of hydrogen-bond acceptors (Lipinski definition) is 2. The monoisotopic (exact) mass is 296 g/mol. The summed E-state index contributed by atoms with van der Waals surface area (Å²) in [4.78, 5) is 10.8. The predicted molar refractivity (Wildman–Crippen MR) is 74.0 cm³/mol. The summed E-state index contributed by atoms with van der Waals surface area (Å²) in [6, 6.07) is 8.25. The van der Waals surface area contributed by atoms with Crippen molar-refractivity contribution in [2.75, 3.05) is 0 Å². The highest BCUT2D eigenvalue weighted by Gasteiger charge is 1.99. The maximum Gasteiger partial charge on any atom is 0.236 e. The molecule has 1 rings (SSSR count). The van der Waals surface area contributed by atoms with Crippen molar-refractivity contribution in [3.05, 3.63) is 34.3 Å². The largest absolute Gasteiger partial charge is 0.274 e. The van der Waals surface area contributed by atoms with Crippen LogP contribution >= 0.6 is 15.9 Å². The second kappa shape index (κ2) is 7.22. The zero-order chi connectivity index (χ0) is 12.7. The molecule has 0 radical (unpaired) electrons. The summed E-state index contributed by atoms with van der Waals surface area (Å²) in [6.45, 7) is 3.51. The molecule has 0 aromatic heterocycles. The fraction of sp³-hybridized carbons (Fsp3) is 0.385. The molecule has 0 aliphatic carbocycles. The second-order valence-corrected chi connectivity index (χ2v) is 4.74. The summed E-state index contributed by atoms with van der Waals surface area (Å²) in [5.41, 5.74) is 4.78. The molecular formula is C13H17BrN2O. The first kappa shape index (κ1) is 13.9. The number of hydrogen-bond donors (Lipinski definition) is 1. The van der Waals surface area contributed by atoms with Crippen molar-refractivity contribution in [2.24, 2.45) is 5.10 Å². The van der Waals surface area contributed by atoms with E-state index in [1.807, 2.05) is 19.1 Å². The number of rotatable bonds is 5. The van der Waals surface area contributed by atoms with Gasteiger partial charge in [-0.3, -0.25) is 4.79 Å². The van der Waals surface area contributed by atoms with Crippen LogP contribution in [-0.2, 0) is 11.2 Å². The molecule has 3 nitrogen and oxygen atoms in total. The fourth-order valence-corrected chi connectivity index (χ4v) is 1.67. The van der Waals surface area contributed by atoms with E-state index in [0.717, 1.165) is 29.4 Å². The number of aryl methyl sites for hydroxylation is 1. The molecule has 0 saturated heterocycles. The highest BCUT2D eigenvalue weighted by molar-refractivity contribution is 9.10. The van der Waals surface area contributed by atoms with E-state index in [4.69, 9.17) is 0 Å². The number of nitrogens with one attached hydrogen (secondary N) is 1. The third-order valence-corrected chi connectivity index (χ3v) is 2.92. The minimum absolute atomic E-state index is 0.125. The number of hydrazone groups is 1. The van der Waals surface area contributed by atoms with E-state index in [0.29, 0.717) is 0 Å². The summed E-state index contributed by atoms with van der Waals surface area (Å²) in [5.74, 6) is -0.125. The Kier molecular flexibility index (Phi) is 5.91. The normalized spacial score (nSPS) is 11.4. The molecule has 92 valence electrons. The number of nitrogens with zero attached hydrogens (tertiary/aromatic N) is 1. The van der Waals surface area contributed by atoms with E-state index in [2.05, 4.69) is 38.6 Å². The van der Waals surface area contributed by atoms with Crippen LogP contribution in [0.3, 0.4) is 0 Å². The van der Waals surface area contributed by atoms with Gasteiger partial charge in [-0.05, 0) is 37.0 Å². The lowest BCUT2D eigenvalue weighted by Gasteiger charge is -2.04. The fourth-order valence-electron chi connectivity index (χ4n) is 1.41. The van der Waals surface area contributed by atoms with Crippen LogP contribution in [0.4, 0.5) is 0 Å². The summed E-state index contributed by atoms with van der Waals surface area (Å²) < 4.78 is 1.09. The Labute approximate surface area is 110 Å². The topological polar surface area (TPSA) is 41.5 Å². The Hall–Kier alpha value is -1.16. The van der Waals surface area contributed by atoms with E-state index >= 15 is 0 Å². The van der Waals surface area contributed by atoms with Gasteiger partial charge >= 0.3 is 0 Å². The summed E-state index contributed by atoms with van der Waals surface area (Å²) in [5, 5.41) is 4.08. The van der Waals surface area contributed by atoms with Gasteiger partial charge in [0, 0.05) is 17.1 Å². The lowest BCUT2D eigenvalue weighted by atomic mass is 10.1. The second-order valence-electron chi connectivity index (χ2n) is 3.83. The first-order valence-corrected chi connectivity index (χ1v) is 6.47. The molecular weight excluding hydrogens is 280 g/mol. The lowest BCUT2D eigenvalue weighted by Crippen LogP contribution is -2.15.